The molecule has 1 N–H and O–H groups in total. The third kappa shape index (κ3) is 2.63. The third-order valence-corrected chi connectivity index (χ3v) is 3.37. The Bertz CT molecular complexity index is 816. The lowest BCUT2D eigenvalue weighted by atomic mass is 10.2. The average molecular weight is 279 g/mol. The van der Waals surface area contributed by atoms with Crippen LogP contribution < -0.4 is 5.43 Å². The van der Waals surface area contributed by atoms with E-state index in [-0.39, 0.29) is 0 Å². The van der Waals surface area contributed by atoms with Gasteiger partial charge in [0.05, 0.1) is 22.4 Å². The third-order valence-electron chi connectivity index (χ3n) is 3.37. The van der Waals surface area contributed by atoms with Crippen LogP contribution in [0.1, 0.15) is 18.3 Å². The zero-order valence-corrected chi connectivity index (χ0v) is 12.3. The van der Waals surface area contributed by atoms with E-state index in [0.29, 0.717) is 5.95 Å². The maximum Gasteiger partial charge on any atom is 0.224 e. The molecular weight excluding hydrogens is 262 g/mol. The molecule has 0 atom stereocenters. The summed E-state index contributed by atoms with van der Waals surface area (Å²) in [6.45, 7) is 3.90. The van der Waals surface area contributed by atoms with Gasteiger partial charge >= 0.3 is 0 Å². The molecule has 0 unspecified atom stereocenters. The van der Waals surface area contributed by atoms with Crippen LogP contribution in [0.5, 0.6) is 0 Å². The molecule has 0 saturated carbocycles. The largest absolute Gasteiger partial charge is 0.312 e. The van der Waals surface area contributed by atoms with Gasteiger partial charge in [-0.2, -0.15) is 5.10 Å². The highest BCUT2D eigenvalue weighted by molar-refractivity contribution is 5.97. The fraction of sp³-hybridized carbons (Fsp3) is 0.188. The number of hydrogen-bond acceptors (Lipinski definition) is 4. The minimum atomic E-state index is 0.711. The van der Waals surface area contributed by atoms with Crippen molar-refractivity contribution in [3.05, 3.63) is 53.9 Å². The zero-order chi connectivity index (χ0) is 14.8. The molecule has 0 bridgehead atoms. The van der Waals surface area contributed by atoms with Crippen molar-refractivity contribution in [2.45, 2.75) is 13.8 Å². The molecule has 21 heavy (non-hydrogen) atoms. The van der Waals surface area contributed by atoms with Crippen LogP contribution in [0.15, 0.2) is 47.6 Å². The number of fused-ring (bicyclic) bond motifs is 1. The van der Waals surface area contributed by atoms with E-state index in [4.69, 9.17) is 0 Å². The number of nitrogens with zero attached hydrogens (tertiary/aromatic N) is 4. The van der Waals surface area contributed by atoms with Gasteiger partial charge in [0, 0.05) is 12.7 Å². The van der Waals surface area contributed by atoms with Gasteiger partial charge in [-0.3, -0.25) is 4.98 Å². The number of hydrogen-bond donors (Lipinski definition) is 1. The van der Waals surface area contributed by atoms with Crippen LogP contribution in [-0.4, -0.2) is 20.2 Å². The molecule has 0 fully saturated rings. The predicted molar refractivity (Wildman–Crippen MR) is 85.5 cm³/mol. The van der Waals surface area contributed by atoms with Crippen molar-refractivity contribution >= 4 is 22.7 Å². The lowest BCUT2D eigenvalue weighted by Crippen LogP contribution is -2.05. The monoisotopic (exact) mass is 279 g/mol. The van der Waals surface area contributed by atoms with Gasteiger partial charge in [0.25, 0.3) is 0 Å². The van der Waals surface area contributed by atoms with E-state index in [1.54, 1.807) is 0 Å². The molecule has 2 aromatic heterocycles. The number of aryl methyl sites for hydroxylation is 2. The molecule has 0 aliphatic carbocycles. The highest BCUT2D eigenvalue weighted by Gasteiger charge is 2.06. The number of imidazole rings is 1. The summed E-state index contributed by atoms with van der Waals surface area (Å²) in [6, 6.07) is 13.9. The van der Waals surface area contributed by atoms with Crippen LogP contribution in [0, 0.1) is 6.92 Å². The van der Waals surface area contributed by atoms with Crippen molar-refractivity contribution < 1.29 is 0 Å². The number of anilines is 1. The number of hydrazone groups is 1. The van der Waals surface area contributed by atoms with Gasteiger partial charge in [-0.25, -0.2) is 10.4 Å². The summed E-state index contributed by atoms with van der Waals surface area (Å²) >= 11 is 0. The number of aromatic nitrogens is 3. The van der Waals surface area contributed by atoms with E-state index in [1.165, 1.54) is 0 Å². The molecule has 5 heteroatoms. The molecule has 1 aromatic carbocycles. The van der Waals surface area contributed by atoms with E-state index in [2.05, 4.69) is 20.5 Å². The summed E-state index contributed by atoms with van der Waals surface area (Å²) in [5.41, 5.74) is 7.70. The molecule has 3 aromatic rings. The van der Waals surface area contributed by atoms with Crippen molar-refractivity contribution in [2.75, 3.05) is 5.43 Å². The maximum absolute atomic E-state index is 4.52. The lowest BCUT2D eigenvalue weighted by Gasteiger charge is -2.04. The van der Waals surface area contributed by atoms with Gasteiger partial charge in [0.1, 0.15) is 0 Å². The van der Waals surface area contributed by atoms with Gasteiger partial charge in [0.2, 0.25) is 5.95 Å². The number of pyridine rings is 1. The zero-order valence-electron chi connectivity index (χ0n) is 12.3. The summed E-state index contributed by atoms with van der Waals surface area (Å²) in [4.78, 5) is 8.97. The van der Waals surface area contributed by atoms with Crippen molar-refractivity contribution in [3.8, 4) is 0 Å². The van der Waals surface area contributed by atoms with Crippen LogP contribution in [0.3, 0.4) is 0 Å². The van der Waals surface area contributed by atoms with E-state index >= 15 is 0 Å². The molecule has 0 amide bonds. The smallest absolute Gasteiger partial charge is 0.224 e. The van der Waals surface area contributed by atoms with Crippen LogP contribution >= 0.6 is 0 Å². The Morgan fingerprint density at radius 1 is 1.10 bits per heavy atom. The Morgan fingerprint density at radius 2 is 1.90 bits per heavy atom. The SMILES string of the molecule is C/C(=N\Nc1nc2ccccc2n1C)c1cccc(C)n1. The Morgan fingerprint density at radius 3 is 2.67 bits per heavy atom. The lowest BCUT2D eigenvalue weighted by molar-refractivity contribution is 0.941. The van der Waals surface area contributed by atoms with Gasteiger partial charge in [-0.15, -0.1) is 0 Å². The first-order valence-electron chi connectivity index (χ1n) is 6.81. The first-order valence-corrected chi connectivity index (χ1v) is 6.81. The van der Waals surface area contributed by atoms with Crippen molar-refractivity contribution in [3.63, 3.8) is 0 Å². The molecule has 0 aliphatic rings. The van der Waals surface area contributed by atoms with Crippen molar-refractivity contribution in [1.82, 2.24) is 14.5 Å². The van der Waals surface area contributed by atoms with Crippen molar-refractivity contribution in [2.24, 2.45) is 12.1 Å². The van der Waals surface area contributed by atoms with Crippen LogP contribution in [0.4, 0.5) is 5.95 Å². The minimum absolute atomic E-state index is 0.711. The molecule has 0 saturated heterocycles. The molecule has 2 heterocycles. The summed E-state index contributed by atoms with van der Waals surface area (Å²) in [7, 11) is 1.97. The maximum atomic E-state index is 4.52. The normalized spacial score (nSPS) is 11.9. The van der Waals surface area contributed by atoms with E-state index in [9.17, 15) is 0 Å². The van der Waals surface area contributed by atoms with Crippen LogP contribution in [-0.2, 0) is 7.05 Å². The van der Waals surface area contributed by atoms with E-state index in [0.717, 1.165) is 28.1 Å². The summed E-state index contributed by atoms with van der Waals surface area (Å²) in [5.74, 6) is 0.711. The number of rotatable bonds is 3. The second-order valence-corrected chi connectivity index (χ2v) is 4.96. The van der Waals surface area contributed by atoms with Gasteiger partial charge in [-0.05, 0) is 38.1 Å². The standard InChI is InChI=1S/C16H17N5/c1-11-7-6-9-13(17-11)12(2)19-20-16-18-14-8-4-5-10-15(14)21(16)3/h4-10H,1-3H3,(H,18,20)/b19-12+. The predicted octanol–water partition coefficient (Wildman–Crippen LogP) is 3.11. The first-order chi connectivity index (χ1) is 10.1. The second kappa shape index (κ2) is 5.36. The number of benzene rings is 1. The van der Waals surface area contributed by atoms with Crippen LogP contribution in [0.2, 0.25) is 0 Å². The first kappa shape index (κ1) is 13.3. The molecule has 0 aliphatic heterocycles. The molecule has 106 valence electrons. The summed E-state index contributed by atoms with van der Waals surface area (Å²) in [6.07, 6.45) is 0. The Balaban J connectivity index is 1.88. The average Bonchev–Trinajstić information content (AvgIpc) is 2.82. The minimum Gasteiger partial charge on any atom is -0.312 e. The van der Waals surface area contributed by atoms with Gasteiger partial charge < -0.3 is 4.57 Å². The second-order valence-electron chi connectivity index (χ2n) is 4.96. The fourth-order valence-corrected chi connectivity index (χ4v) is 2.18. The topological polar surface area (TPSA) is 55.1 Å². The molecule has 0 radical (unpaired) electrons. The Hall–Kier alpha value is -2.69. The fourth-order valence-electron chi connectivity index (χ4n) is 2.18. The number of nitrogens with one attached hydrogen (secondary N) is 1. The number of para-hydroxylation sites is 2. The highest BCUT2D eigenvalue weighted by atomic mass is 15.4. The Labute approximate surface area is 123 Å². The highest BCUT2D eigenvalue weighted by Crippen LogP contribution is 2.17. The van der Waals surface area contributed by atoms with Crippen LogP contribution in [0.25, 0.3) is 11.0 Å². The molecule has 0 spiro atoms. The quantitative estimate of drug-likeness (QED) is 0.592. The molecule has 3 rings (SSSR count). The Kier molecular flexibility index (Phi) is 3.39. The summed E-state index contributed by atoms with van der Waals surface area (Å²) < 4.78 is 1.98. The summed E-state index contributed by atoms with van der Waals surface area (Å²) in [5, 5.41) is 4.38. The van der Waals surface area contributed by atoms with E-state index in [1.807, 2.05) is 67.9 Å². The van der Waals surface area contributed by atoms with Crippen molar-refractivity contribution in [1.29, 1.82) is 0 Å². The van der Waals surface area contributed by atoms with Gasteiger partial charge in [0.15, 0.2) is 0 Å². The van der Waals surface area contributed by atoms with E-state index < -0.39 is 0 Å². The molecular formula is C16H17N5. The van der Waals surface area contributed by atoms with Gasteiger partial charge in [-0.1, -0.05) is 18.2 Å². The molecule has 5 nitrogen and oxygen atoms in total.